The lowest BCUT2D eigenvalue weighted by Gasteiger charge is -2.20. The molecule has 0 aromatic carbocycles. The fourth-order valence-electron chi connectivity index (χ4n) is 3.19. The van der Waals surface area contributed by atoms with Gasteiger partial charge in [-0.25, -0.2) is 4.98 Å². The van der Waals surface area contributed by atoms with Crippen molar-refractivity contribution in [3.05, 3.63) is 18.7 Å². The van der Waals surface area contributed by atoms with E-state index in [9.17, 15) is 0 Å². The normalized spacial score (nSPS) is 18.6. The standard InChI is InChI=1S/C15H26N2/c1-2-3-6-15(11-14-7-4-5-8-14)12-17-10-9-16-13-17/h9-10,13-15H,2-8,11-12H2,1H3. The first-order chi connectivity index (χ1) is 8.38. The molecule has 1 heterocycles. The van der Waals surface area contributed by atoms with Crippen molar-refractivity contribution in [3.8, 4) is 0 Å². The van der Waals surface area contributed by atoms with Gasteiger partial charge in [-0.3, -0.25) is 0 Å². The predicted octanol–water partition coefficient (Wildman–Crippen LogP) is 4.27. The summed E-state index contributed by atoms with van der Waals surface area (Å²) in [5, 5.41) is 0. The molecule has 0 amide bonds. The highest BCUT2D eigenvalue weighted by atomic mass is 15.0. The second-order valence-corrected chi connectivity index (χ2v) is 5.65. The van der Waals surface area contributed by atoms with Crippen LogP contribution in [0.4, 0.5) is 0 Å². The van der Waals surface area contributed by atoms with Crippen LogP contribution in [0.2, 0.25) is 0 Å². The Hall–Kier alpha value is -0.790. The van der Waals surface area contributed by atoms with Crippen LogP contribution in [0.5, 0.6) is 0 Å². The Labute approximate surface area is 105 Å². The first kappa shape index (κ1) is 12.7. The third-order valence-electron chi connectivity index (χ3n) is 4.14. The van der Waals surface area contributed by atoms with Crippen molar-refractivity contribution in [2.24, 2.45) is 11.8 Å². The molecule has 0 radical (unpaired) electrons. The van der Waals surface area contributed by atoms with Crippen LogP contribution in [-0.4, -0.2) is 9.55 Å². The minimum atomic E-state index is 0.868. The van der Waals surface area contributed by atoms with Crippen LogP contribution in [0.1, 0.15) is 58.3 Å². The third kappa shape index (κ3) is 4.18. The zero-order chi connectivity index (χ0) is 11.9. The van der Waals surface area contributed by atoms with E-state index < -0.39 is 0 Å². The molecule has 0 bridgehead atoms. The lowest BCUT2D eigenvalue weighted by molar-refractivity contribution is 0.313. The maximum Gasteiger partial charge on any atom is 0.0945 e. The average molecular weight is 234 g/mol. The zero-order valence-electron chi connectivity index (χ0n) is 11.1. The highest BCUT2D eigenvalue weighted by Gasteiger charge is 2.20. The van der Waals surface area contributed by atoms with Gasteiger partial charge < -0.3 is 4.57 Å². The quantitative estimate of drug-likeness (QED) is 0.689. The number of nitrogens with zero attached hydrogens (tertiary/aromatic N) is 2. The Kier molecular flexibility index (Phi) is 5.08. The van der Waals surface area contributed by atoms with Crippen molar-refractivity contribution in [2.75, 3.05) is 0 Å². The molecule has 17 heavy (non-hydrogen) atoms. The van der Waals surface area contributed by atoms with Crippen LogP contribution in [0.3, 0.4) is 0 Å². The summed E-state index contributed by atoms with van der Waals surface area (Å²) in [6.07, 6.45) is 17.4. The van der Waals surface area contributed by atoms with Crippen LogP contribution in [0.15, 0.2) is 18.7 Å². The molecule has 96 valence electrons. The molecule has 2 nitrogen and oxygen atoms in total. The Bertz CT molecular complexity index is 286. The Morgan fingerprint density at radius 1 is 1.35 bits per heavy atom. The van der Waals surface area contributed by atoms with Gasteiger partial charge in [-0.2, -0.15) is 0 Å². The molecule has 2 heteroatoms. The molecule has 0 saturated heterocycles. The highest BCUT2D eigenvalue weighted by molar-refractivity contribution is 4.78. The molecule has 1 atom stereocenters. The molecule has 2 rings (SSSR count). The largest absolute Gasteiger partial charge is 0.337 e. The van der Waals surface area contributed by atoms with E-state index in [-0.39, 0.29) is 0 Å². The zero-order valence-corrected chi connectivity index (χ0v) is 11.1. The molecule has 1 aliphatic rings. The van der Waals surface area contributed by atoms with Gasteiger partial charge in [0, 0.05) is 18.9 Å². The summed E-state index contributed by atoms with van der Waals surface area (Å²) in [6, 6.07) is 0. The summed E-state index contributed by atoms with van der Waals surface area (Å²) in [6.45, 7) is 3.47. The summed E-state index contributed by atoms with van der Waals surface area (Å²) >= 11 is 0. The fourth-order valence-corrected chi connectivity index (χ4v) is 3.19. The SMILES string of the molecule is CCCCC(CC1CCCC1)Cn1ccnc1. The molecule has 0 aliphatic heterocycles. The Morgan fingerprint density at radius 2 is 2.18 bits per heavy atom. The van der Waals surface area contributed by atoms with Gasteiger partial charge in [0.25, 0.3) is 0 Å². The van der Waals surface area contributed by atoms with E-state index in [0.29, 0.717) is 0 Å². The van der Waals surface area contributed by atoms with E-state index in [4.69, 9.17) is 0 Å². The fraction of sp³-hybridized carbons (Fsp3) is 0.800. The molecule has 1 saturated carbocycles. The predicted molar refractivity (Wildman–Crippen MR) is 71.8 cm³/mol. The van der Waals surface area contributed by atoms with Crippen LogP contribution < -0.4 is 0 Å². The van der Waals surface area contributed by atoms with Gasteiger partial charge >= 0.3 is 0 Å². The van der Waals surface area contributed by atoms with Crippen molar-refractivity contribution in [1.82, 2.24) is 9.55 Å². The van der Waals surface area contributed by atoms with E-state index >= 15 is 0 Å². The molecule has 1 fully saturated rings. The van der Waals surface area contributed by atoms with E-state index in [2.05, 4.69) is 22.7 Å². The van der Waals surface area contributed by atoms with Gasteiger partial charge in [-0.05, 0) is 24.7 Å². The number of rotatable bonds is 7. The van der Waals surface area contributed by atoms with Crippen LogP contribution >= 0.6 is 0 Å². The minimum Gasteiger partial charge on any atom is -0.337 e. The summed E-state index contributed by atoms with van der Waals surface area (Å²) < 4.78 is 2.26. The molecular formula is C15H26N2. The Balaban J connectivity index is 1.83. The summed E-state index contributed by atoms with van der Waals surface area (Å²) in [5.41, 5.74) is 0. The van der Waals surface area contributed by atoms with E-state index in [1.54, 1.807) is 0 Å². The first-order valence-corrected chi connectivity index (χ1v) is 7.34. The monoisotopic (exact) mass is 234 g/mol. The molecule has 0 spiro atoms. The first-order valence-electron chi connectivity index (χ1n) is 7.34. The Morgan fingerprint density at radius 3 is 2.82 bits per heavy atom. The molecule has 1 aromatic heterocycles. The lowest BCUT2D eigenvalue weighted by atomic mass is 9.89. The van der Waals surface area contributed by atoms with Crippen molar-refractivity contribution < 1.29 is 0 Å². The van der Waals surface area contributed by atoms with Gasteiger partial charge in [0.15, 0.2) is 0 Å². The van der Waals surface area contributed by atoms with Crippen molar-refractivity contribution >= 4 is 0 Å². The van der Waals surface area contributed by atoms with Gasteiger partial charge in [0.1, 0.15) is 0 Å². The average Bonchev–Trinajstić information content (AvgIpc) is 2.99. The van der Waals surface area contributed by atoms with Gasteiger partial charge in [-0.1, -0.05) is 45.4 Å². The number of hydrogen-bond donors (Lipinski definition) is 0. The lowest BCUT2D eigenvalue weighted by Crippen LogP contribution is -2.13. The van der Waals surface area contributed by atoms with Gasteiger partial charge in [0.05, 0.1) is 6.33 Å². The van der Waals surface area contributed by atoms with Crippen LogP contribution in [0, 0.1) is 11.8 Å². The number of hydrogen-bond acceptors (Lipinski definition) is 1. The topological polar surface area (TPSA) is 17.8 Å². The van der Waals surface area contributed by atoms with Crippen molar-refractivity contribution in [3.63, 3.8) is 0 Å². The summed E-state index contributed by atoms with van der Waals surface area (Å²) in [5.74, 6) is 1.88. The van der Waals surface area contributed by atoms with Gasteiger partial charge in [0.2, 0.25) is 0 Å². The second kappa shape index (κ2) is 6.83. The highest BCUT2D eigenvalue weighted by Crippen LogP contribution is 2.32. The number of unbranched alkanes of at least 4 members (excludes halogenated alkanes) is 1. The molecule has 1 aliphatic carbocycles. The molecule has 1 unspecified atom stereocenters. The smallest absolute Gasteiger partial charge is 0.0945 e. The third-order valence-corrected chi connectivity index (χ3v) is 4.14. The maximum absolute atomic E-state index is 4.15. The van der Waals surface area contributed by atoms with Crippen LogP contribution in [-0.2, 0) is 6.54 Å². The number of aromatic nitrogens is 2. The summed E-state index contributed by atoms with van der Waals surface area (Å²) in [7, 11) is 0. The van der Waals surface area contributed by atoms with Crippen molar-refractivity contribution in [1.29, 1.82) is 0 Å². The van der Waals surface area contributed by atoms with E-state index in [1.807, 2.05) is 12.5 Å². The van der Waals surface area contributed by atoms with Crippen molar-refractivity contribution in [2.45, 2.75) is 64.8 Å². The van der Waals surface area contributed by atoms with E-state index in [0.717, 1.165) is 11.8 Å². The maximum atomic E-state index is 4.15. The second-order valence-electron chi connectivity index (χ2n) is 5.65. The molecule has 0 N–H and O–H groups in total. The molecule has 1 aromatic rings. The van der Waals surface area contributed by atoms with Crippen LogP contribution in [0.25, 0.3) is 0 Å². The number of imidazole rings is 1. The minimum absolute atomic E-state index is 0.868. The van der Waals surface area contributed by atoms with Gasteiger partial charge in [-0.15, -0.1) is 0 Å². The summed E-state index contributed by atoms with van der Waals surface area (Å²) in [4.78, 5) is 4.15. The molecular weight excluding hydrogens is 208 g/mol. The van der Waals surface area contributed by atoms with E-state index in [1.165, 1.54) is 57.9 Å².